The Kier molecular flexibility index (Phi) is 4.08. The number of Topliss-reactive ketones (excluding diaryl/α,β-unsaturated/α-hetero) is 1. The second-order valence-corrected chi connectivity index (χ2v) is 4.10. The van der Waals surface area contributed by atoms with Crippen molar-refractivity contribution in [1.29, 1.82) is 0 Å². The maximum Gasteiger partial charge on any atom is 0.416 e. The number of halogens is 3. The Morgan fingerprint density at radius 1 is 1.00 bits per heavy atom. The molecule has 0 heterocycles. The van der Waals surface area contributed by atoms with Crippen LogP contribution in [0.5, 0.6) is 5.75 Å². The van der Waals surface area contributed by atoms with Gasteiger partial charge in [0.25, 0.3) is 0 Å². The van der Waals surface area contributed by atoms with Crippen LogP contribution in [-0.2, 0) is 6.18 Å². The van der Waals surface area contributed by atoms with Crippen molar-refractivity contribution in [2.24, 2.45) is 0 Å². The quantitative estimate of drug-likeness (QED) is 0.792. The van der Waals surface area contributed by atoms with E-state index in [2.05, 4.69) is 0 Å². The fraction of sp³-hybridized carbons (Fsp3) is 0.133. The van der Waals surface area contributed by atoms with Gasteiger partial charge in [0.1, 0.15) is 5.75 Å². The van der Waals surface area contributed by atoms with E-state index in [-0.39, 0.29) is 12.2 Å². The Hall–Kier alpha value is -2.30. The summed E-state index contributed by atoms with van der Waals surface area (Å²) in [5.74, 6) is -0.00669. The summed E-state index contributed by atoms with van der Waals surface area (Å²) >= 11 is 0. The maximum absolute atomic E-state index is 12.5. The van der Waals surface area contributed by atoms with Crippen LogP contribution in [-0.4, -0.2) is 12.4 Å². The summed E-state index contributed by atoms with van der Waals surface area (Å²) in [6.45, 7) is -0.300. The molecule has 0 aliphatic rings. The van der Waals surface area contributed by atoms with E-state index in [0.29, 0.717) is 5.75 Å². The molecule has 0 aliphatic carbocycles. The average Bonchev–Trinajstić information content (AvgIpc) is 2.45. The summed E-state index contributed by atoms with van der Waals surface area (Å²) in [5, 5.41) is 0. The Balaban J connectivity index is 2.06. The molecule has 2 nitrogen and oxygen atoms in total. The number of ketones is 1. The van der Waals surface area contributed by atoms with E-state index in [1.807, 2.05) is 0 Å². The highest BCUT2D eigenvalue weighted by molar-refractivity contribution is 5.97. The van der Waals surface area contributed by atoms with E-state index in [1.54, 1.807) is 30.3 Å². The fourth-order valence-electron chi connectivity index (χ4n) is 1.62. The van der Waals surface area contributed by atoms with Gasteiger partial charge in [-0.3, -0.25) is 4.79 Å². The predicted octanol–water partition coefficient (Wildman–Crippen LogP) is 3.97. The van der Waals surface area contributed by atoms with Crippen LogP contribution < -0.4 is 4.74 Å². The molecular formula is C15H11F3O2. The van der Waals surface area contributed by atoms with Crippen molar-refractivity contribution in [1.82, 2.24) is 0 Å². The molecule has 104 valence electrons. The Bertz CT molecular complexity index is 592. The van der Waals surface area contributed by atoms with Crippen molar-refractivity contribution in [3.05, 3.63) is 65.7 Å². The number of rotatable bonds is 4. The van der Waals surface area contributed by atoms with Crippen LogP contribution in [0.15, 0.2) is 54.6 Å². The van der Waals surface area contributed by atoms with Gasteiger partial charge in [0, 0.05) is 5.56 Å². The third-order valence-electron chi connectivity index (χ3n) is 2.63. The number of carbonyl (C=O) groups is 1. The molecule has 20 heavy (non-hydrogen) atoms. The molecule has 5 heteroatoms. The zero-order valence-electron chi connectivity index (χ0n) is 10.4. The van der Waals surface area contributed by atoms with E-state index in [4.69, 9.17) is 4.74 Å². The van der Waals surface area contributed by atoms with Crippen LogP contribution in [0.4, 0.5) is 13.2 Å². The van der Waals surface area contributed by atoms with Crippen molar-refractivity contribution in [3.63, 3.8) is 0 Å². The molecule has 0 atom stereocenters. The molecule has 0 bridgehead atoms. The van der Waals surface area contributed by atoms with Crippen molar-refractivity contribution in [2.75, 3.05) is 6.61 Å². The lowest BCUT2D eigenvalue weighted by Crippen LogP contribution is -2.13. The Labute approximate surface area is 113 Å². The summed E-state index contributed by atoms with van der Waals surface area (Å²) in [4.78, 5) is 11.8. The van der Waals surface area contributed by atoms with Crippen molar-refractivity contribution in [2.45, 2.75) is 6.18 Å². The molecule has 2 aromatic carbocycles. The highest BCUT2D eigenvalue weighted by atomic mass is 19.4. The lowest BCUT2D eigenvalue weighted by Gasteiger charge is -2.09. The number of hydrogen-bond acceptors (Lipinski definition) is 2. The number of para-hydroxylation sites is 1. The number of alkyl halides is 3. The minimum atomic E-state index is -4.46. The molecule has 0 aromatic heterocycles. The van der Waals surface area contributed by atoms with Crippen LogP contribution in [0.3, 0.4) is 0 Å². The summed E-state index contributed by atoms with van der Waals surface area (Å²) in [6, 6.07) is 12.9. The van der Waals surface area contributed by atoms with Crippen molar-refractivity contribution >= 4 is 5.78 Å². The molecular weight excluding hydrogens is 269 g/mol. The largest absolute Gasteiger partial charge is 0.485 e. The van der Waals surface area contributed by atoms with Crippen LogP contribution in [0.2, 0.25) is 0 Å². The minimum Gasteiger partial charge on any atom is -0.485 e. The first-order chi connectivity index (χ1) is 9.47. The van der Waals surface area contributed by atoms with Gasteiger partial charge in [-0.15, -0.1) is 0 Å². The molecule has 0 N–H and O–H groups in total. The van der Waals surface area contributed by atoms with Gasteiger partial charge in [-0.05, 0) is 24.3 Å². The average molecular weight is 280 g/mol. The van der Waals surface area contributed by atoms with E-state index in [1.165, 1.54) is 12.1 Å². The van der Waals surface area contributed by atoms with Gasteiger partial charge in [-0.25, -0.2) is 0 Å². The van der Waals surface area contributed by atoms with E-state index in [9.17, 15) is 18.0 Å². The minimum absolute atomic E-state index is 0.0178. The normalized spacial score (nSPS) is 11.2. The van der Waals surface area contributed by atoms with Crippen molar-refractivity contribution < 1.29 is 22.7 Å². The lowest BCUT2D eigenvalue weighted by molar-refractivity contribution is -0.137. The number of ether oxygens (including phenoxy) is 1. The topological polar surface area (TPSA) is 26.3 Å². The maximum atomic E-state index is 12.5. The molecule has 2 aromatic rings. The molecule has 0 aliphatic heterocycles. The molecule has 0 amide bonds. The lowest BCUT2D eigenvalue weighted by atomic mass is 10.1. The highest BCUT2D eigenvalue weighted by Gasteiger charge is 2.30. The summed E-state index contributed by atoms with van der Waals surface area (Å²) in [7, 11) is 0. The number of hydrogen-bond donors (Lipinski definition) is 0. The molecule has 2 rings (SSSR count). The zero-order valence-corrected chi connectivity index (χ0v) is 10.4. The van der Waals surface area contributed by atoms with Gasteiger partial charge >= 0.3 is 6.18 Å². The third-order valence-corrected chi connectivity index (χ3v) is 2.63. The van der Waals surface area contributed by atoms with Gasteiger partial charge < -0.3 is 4.74 Å². The molecule has 0 spiro atoms. The summed E-state index contributed by atoms with van der Waals surface area (Å²) < 4.78 is 42.8. The standard InChI is InChI=1S/C15H11F3O2/c16-15(17,18)12-6-4-5-11(9-12)14(19)10-20-13-7-2-1-3-8-13/h1-9H,10H2. The number of benzene rings is 2. The van der Waals surface area contributed by atoms with Gasteiger partial charge in [0.15, 0.2) is 12.4 Å². The number of carbonyl (C=O) groups excluding carboxylic acids is 1. The first kappa shape index (κ1) is 14.1. The molecule has 0 saturated carbocycles. The fourth-order valence-corrected chi connectivity index (χ4v) is 1.62. The van der Waals surface area contributed by atoms with Gasteiger partial charge in [-0.1, -0.05) is 30.3 Å². The predicted molar refractivity (Wildman–Crippen MR) is 67.7 cm³/mol. The van der Waals surface area contributed by atoms with Crippen LogP contribution in [0.25, 0.3) is 0 Å². The first-order valence-electron chi connectivity index (χ1n) is 5.85. The molecule has 0 saturated heterocycles. The summed E-state index contributed by atoms with van der Waals surface area (Å²) in [5.41, 5.74) is -0.862. The van der Waals surface area contributed by atoms with Gasteiger partial charge in [-0.2, -0.15) is 13.2 Å². The highest BCUT2D eigenvalue weighted by Crippen LogP contribution is 2.29. The van der Waals surface area contributed by atoms with Gasteiger partial charge in [0.05, 0.1) is 5.56 Å². The van der Waals surface area contributed by atoms with Crippen LogP contribution in [0.1, 0.15) is 15.9 Å². The monoisotopic (exact) mass is 280 g/mol. The van der Waals surface area contributed by atoms with Gasteiger partial charge in [0.2, 0.25) is 0 Å². The Morgan fingerprint density at radius 2 is 1.70 bits per heavy atom. The Morgan fingerprint density at radius 3 is 2.35 bits per heavy atom. The van der Waals surface area contributed by atoms with E-state index < -0.39 is 17.5 Å². The zero-order chi connectivity index (χ0) is 14.6. The SMILES string of the molecule is O=C(COc1ccccc1)c1cccc(C(F)(F)F)c1. The molecule has 0 unspecified atom stereocenters. The van der Waals surface area contributed by atoms with Crippen LogP contribution >= 0.6 is 0 Å². The molecule has 0 radical (unpaired) electrons. The smallest absolute Gasteiger partial charge is 0.416 e. The summed E-state index contributed by atoms with van der Waals surface area (Å²) in [6.07, 6.45) is -4.46. The molecule has 0 fully saturated rings. The van der Waals surface area contributed by atoms with Crippen LogP contribution in [0, 0.1) is 0 Å². The second-order valence-electron chi connectivity index (χ2n) is 4.10. The third kappa shape index (κ3) is 3.60. The van der Waals surface area contributed by atoms with E-state index in [0.717, 1.165) is 12.1 Å². The van der Waals surface area contributed by atoms with Crippen molar-refractivity contribution in [3.8, 4) is 5.75 Å². The second kappa shape index (κ2) is 5.77. The van der Waals surface area contributed by atoms with E-state index >= 15 is 0 Å². The first-order valence-corrected chi connectivity index (χ1v) is 5.85.